The Morgan fingerprint density at radius 2 is 2.11 bits per heavy atom. The summed E-state index contributed by atoms with van der Waals surface area (Å²) in [6.45, 7) is 0.925. The average molecular weight is 127 g/mol. The van der Waals surface area contributed by atoms with Gasteiger partial charge in [0.25, 0.3) is 0 Å². The molecular weight excluding hydrogens is 114 g/mol. The zero-order valence-electron chi connectivity index (χ0n) is 5.60. The van der Waals surface area contributed by atoms with Crippen molar-refractivity contribution in [3.05, 3.63) is 0 Å². The van der Waals surface area contributed by atoms with E-state index in [-0.39, 0.29) is 6.23 Å². The third-order valence-electron chi connectivity index (χ3n) is 2.52. The molecule has 2 rings (SSSR count). The van der Waals surface area contributed by atoms with E-state index in [1.54, 1.807) is 0 Å². The fraction of sp³-hybridized carbons (Fsp3) is 1.00. The normalized spacial score (nSPS) is 39.0. The summed E-state index contributed by atoms with van der Waals surface area (Å²) >= 11 is 0. The van der Waals surface area contributed by atoms with Gasteiger partial charge in [-0.3, -0.25) is 0 Å². The summed E-state index contributed by atoms with van der Waals surface area (Å²) in [7, 11) is 0. The van der Waals surface area contributed by atoms with Crippen molar-refractivity contribution in [3.63, 3.8) is 0 Å². The molecule has 0 radical (unpaired) electrons. The van der Waals surface area contributed by atoms with Crippen LogP contribution in [0.1, 0.15) is 25.7 Å². The lowest BCUT2D eigenvalue weighted by Gasteiger charge is -2.25. The molecule has 0 amide bonds. The summed E-state index contributed by atoms with van der Waals surface area (Å²) in [6.07, 6.45) is 5.16. The first-order valence-corrected chi connectivity index (χ1v) is 3.68. The second-order valence-corrected chi connectivity index (χ2v) is 3.39. The average Bonchev–Trinajstić information content (AvgIpc) is 2.60. The van der Waals surface area contributed by atoms with Gasteiger partial charge in [0.05, 0.1) is 6.61 Å². The Morgan fingerprint density at radius 3 is 2.56 bits per heavy atom. The number of hydrogen-bond acceptors (Lipinski definition) is 2. The first-order chi connectivity index (χ1) is 4.31. The van der Waals surface area contributed by atoms with Gasteiger partial charge in [0.1, 0.15) is 6.23 Å². The zero-order chi connectivity index (χ0) is 6.32. The smallest absolute Gasteiger partial charge is 0.105 e. The minimum atomic E-state index is 0.0382. The Kier molecular flexibility index (Phi) is 1.08. The van der Waals surface area contributed by atoms with E-state index >= 15 is 0 Å². The molecule has 0 aromatic carbocycles. The SMILES string of the molecule is NC1CCC2(CC2)CO1. The summed E-state index contributed by atoms with van der Waals surface area (Å²) in [5, 5.41) is 0. The first-order valence-electron chi connectivity index (χ1n) is 3.68. The Balaban J connectivity index is 1.91. The number of hydrogen-bond donors (Lipinski definition) is 1. The summed E-state index contributed by atoms with van der Waals surface area (Å²) in [5.41, 5.74) is 6.17. The number of rotatable bonds is 0. The minimum Gasteiger partial charge on any atom is -0.363 e. The van der Waals surface area contributed by atoms with Gasteiger partial charge < -0.3 is 10.5 Å². The van der Waals surface area contributed by atoms with Crippen LogP contribution in [0, 0.1) is 5.41 Å². The third kappa shape index (κ3) is 0.970. The van der Waals surface area contributed by atoms with Crippen molar-refractivity contribution in [2.75, 3.05) is 6.61 Å². The maximum absolute atomic E-state index is 5.56. The predicted octanol–water partition coefficient (Wildman–Crippen LogP) is 0.862. The summed E-state index contributed by atoms with van der Waals surface area (Å²) in [5.74, 6) is 0. The Morgan fingerprint density at radius 1 is 1.33 bits per heavy atom. The third-order valence-corrected chi connectivity index (χ3v) is 2.52. The van der Waals surface area contributed by atoms with Gasteiger partial charge in [-0.2, -0.15) is 0 Å². The van der Waals surface area contributed by atoms with Gasteiger partial charge in [0, 0.05) is 0 Å². The van der Waals surface area contributed by atoms with E-state index in [0.717, 1.165) is 13.0 Å². The summed E-state index contributed by atoms with van der Waals surface area (Å²) in [6, 6.07) is 0. The lowest BCUT2D eigenvalue weighted by atomic mass is 9.98. The molecule has 1 aliphatic heterocycles. The first kappa shape index (κ1) is 5.69. The van der Waals surface area contributed by atoms with E-state index in [1.165, 1.54) is 19.3 Å². The van der Waals surface area contributed by atoms with E-state index in [9.17, 15) is 0 Å². The highest BCUT2D eigenvalue weighted by Gasteiger charge is 2.45. The van der Waals surface area contributed by atoms with Crippen LogP contribution in [-0.2, 0) is 4.74 Å². The van der Waals surface area contributed by atoms with Crippen LogP contribution < -0.4 is 5.73 Å². The molecule has 52 valence electrons. The molecule has 1 saturated heterocycles. The Bertz CT molecular complexity index is 110. The molecule has 2 heteroatoms. The monoisotopic (exact) mass is 127 g/mol. The van der Waals surface area contributed by atoms with E-state index in [0.29, 0.717) is 5.41 Å². The Labute approximate surface area is 55.4 Å². The lowest BCUT2D eigenvalue weighted by molar-refractivity contribution is -0.0210. The molecule has 2 N–H and O–H groups in total. The molecular formula is C7H13NO. The molecule has 1 saturated carbocycles. The van der Waals surface area contributed by atoms with Crippen LogP contribution in [0.15, 0.2) is 0 Å². The maximum Gasteiger partial charge on any atom is 0.105 e. The second kappa shape index (κ2) is 1.70. The number of nitrogens with two attached hydrogens (primary N) is 1. The maximum atomic E-state index is 5.56. The molecule has 2 aliphatic rings. The largest absolute Gasteiger partial charge is 0.363 e. The van der Waals surface area contributed by atoms with Crippen LogP contribution in [0.3, 0.4) is 0 Å². The van der Waals surface area contributed by atoms with Crippen molar-refractivity contribution in [2.45, 2.75) is 31.9 Å². The van der Waals surface area contributed by atoms with Gasteiger partial charge in [-0.05, 0) is 31.1 Å². The van der Waals surface area contributed by atoms with E-state index in [2.05, 4.69) is 0 Å². The molecule has 0 bridgehead atoms. The van der Waals surface area contributed by atoms with E-state index in [4.69, 9.17) is 10.5 Å². The van der Waals surface area contributed by atoms with Gasteiger partial charge in [-0.25, -0.2) is 0 Å². The number of ether oxygens (including phenoxy) is 1. The fourth-order valence-electron chi connectivity index (χ4n) is 1.46. The summed E-state index contributed by atoms with van der Waals surface area (Å²) in [4.78, 5) is 0. The van der Waals surface area contributed by atoms with Gasteiger partial charge >= 0.3 is 0 Å². The van der Waals surface area contributed by atoms with Crippen LogP contribution in [0.25, 0.3) is 0 Å². The van der Waals surface area contributed by atoms with Gasteiger partial charge in [0.15, 0.2) is 0 Å². The topological polar surface area (TPSA) is 35.2 Å². The van der Waals surface area contributed by atoms with Crippen molar-refractivity contribution in [1.29, 1.82) is 0 Å². The molecule has 2 fully saturated rings. The molecule has 1 atom stereocenters. The van der Waals surface area contributed by atoms with Gasteiger partial charge in [-0.15, -0.1) is 0 Å². The molecule has 1 unspecified atom stereocenters. The van der Waals surface area contributed by atoms with Crippen LogP contribution in [0.4, 0.5) is 0 Å². The van der Waals surface area contributed by atoms with Gasteiger partial charge in [0.2, 0.25) is 0 Å². The molecule has 1 spiro atoms. The molecule has 1 heterocycles. The van der Waals surface area contributed by atoms with E-state index < -0.39 is 0 Å². The van der Waals surface area contributed by atoms with Crippen molar-refractivity contribution in [3.8, 4) is 0 Å². The van der Waals surface area contributed by atoms with Crippen molar-refractivity contribution in [2.24, 2.45) is 11.1 Å². The highest BCUT2D eigenvalue weighted by atomic mass is 16.5. The van der Waals surface area contributed by atoms with Gasteiger partial charge in [-0.1, -0.05) is 0 Å². The van der Waals surface area contributed by atoms with Crippen LogP contribution in [-0.4, -0.2) is 12.8 Å². The lowest BCUT2D eigenvalue weighted by Crippen LogP contribution is -2.33. The standard InChI is InChI=1S/C7H13NO/c8-6-1-2-7(3-4-7)5-9-6/h6H,1-5,8H2. The highest BCUT2D eigenvalue weighted by molar-refractivity contribution is 4.95. The molecule has 9 heavy (non-hydrogen) atoms. The highest BCUT2D eigenvalue weighted by Crippen LogP contribution is 2.51. The second-order valence-electron chi connectivity index (χ2n) is 3.39. The van der Waals surface area contributed by atoms with Crippen molar-refractivity contribution < 1.29 is 4.74 Å². The summed E-state index contributed by atoms with van der Waals surface area (Å²) < 4.78 is 5.33. The quantitative estimate of drug-likeness (QED) is 0.524. The van der Waals surface area contributed by atoms with Crippen LogP contribution in [0.2, 0.25) is 0 Å². The van der Waals surface area contributed by atoms with E-state index in [1.807, 2.05) is 0 Å². The minimum absolute atomic E-state index is 0.0382. The molecule has 1 aliphatic carbocycles. The van der Waals surface area contributed by atoms with Crippen molar-refractivity contribution >= 4 is 0 Å². The Hall–Kier alpha value is -0.0800. The van der Waals surface area contributed by atoms with Crippen molar-refractivity contribution in [1.82, 2.24) is 0 Å². The molecule has 0 aromatic rings. The predicted molar refractivity (Wildman–Crippen MR) is 34.8 cm³/mol. The zero-order valence-corrected chi connectivity index (χ0v) is 5.60. The molecule has 0 aromatic heterocycles. The van der Waals surface area contributed by atoms with Crippen LogP contribution >= 0.6 is 0 Å². The fourth-order valence-corrected chi connectivity index (χ4v) is 1.46. The molecule has 2 nitrogen and oxygen atoms in total. The van der Waals surface area contributed by atoms with Crippen LogP contribution in [0.5, 0.6) is 0 Å².